The molecule has 1 aliphatic heterocycles. The third-order valence-corrected chi connectivity index (χ3v) is 5.15. The van der Waals surface area contributed by atoms with E-state index in [1.54, 1.807) is 25.3 Å². The largest absolute Gasteiger partial charge is 0.493 e. The molecule has 150 valence electrons. The van der Waals surface area contributed by atoms with Gasteiger partial charge >= 0.3 is 0 Å². The molecule has 29 heavy (non-hydrogen) atoms. The van der Waals surface area contributed by atoms with Crippen LogP contribution < -0.4 is 14.8 Å². The fourth-order valence-electron chi connectivity index (χ4n) is 2.59. The number of nitrogens with zero attached hydrogens (tertiary/aromatic N) is 2. The molecule has 1 amide bonds. The Labute approximate surface area is 171 Å². The average Bonchev–Trinajstić information content (AvgIpc) is 3.07. The van der Waals surface area contributed by atoms with Gasteiger partial charge in [-0.25, -0.2) is 4.39 Å². The number of ether oxygens (including phenoxy) is 2. The van der Waals surface area contributed by atoms with E-state index in [-0.39, 0.29) is 18.1 Å². The average molecular weight is 415 g/mol. The first-order chi connectivity index (χ1) is 14.0. The first kappa shape index (κ1) is 20.5. The number of ketones is 1. The Morgan fingerprint density at radius 1 is 1.17 bits per heavy atom. The van der Waals surface area contributed by atoms with Crippen LogP contribution in [0.3, 0.4) is 0 Å². The van der Waals surface area contributed by atoms with E-state index in [9.17, 15) is 14.0 Å². The molecule has 1 unspecified atom stereocenters. The lowest BCUT2D eigenvalue weighted by atomic mass is 10.1. The highest BCUT2D eigenvalue weighted by Crippen LogP contribution is 2.27. The normalized spacial score (nSPS) is 17.6. The highest BCUT2D eigenvalue weighted by atomic mass is 32.2. The molecule has 1 heterocycles. The van der Waals surface area contributed by atoms with Gasteiger partial charge in [0.1, 0.15) is 5.82 Å². The van der Waals surface area contributed by atoms with Gasteiger partial charge in [0, 0.05) is 12.0 Å². The van der Waals surface area contributed by atoms with Crippen LogP contribution in [-0.4, -0.2) is 42.5 Å². The van der Waals surface area contributed by atoms with Crippen molar-refractivity contribution < 1.29 is 23.5 Å². The molecule has 0 aliphatic carbocycles. The molecule has 3 rings (SSSR count). The monoisotopic (exact) mass is 415 g/mol. The second-order valence-electron chi connectivity index (χ2n) is 5.99. The fourth-order valence-corrected chi connectivity index (χ4v) is 3.51. The Balaban J connectivity index is 1.62. The van der Waals surface area contributed by atoms with E-state index in [1.165, 1.54) is 37.6 Å². The zero-order valence-corrected chi connectivity index (χ0v) is 16.5. The minimum Gasteiger partial charge on any atom is -0.493 e. The molecule has 1 atom stereocenters. The number of halogens is 1. The molecule has 1 aliphatic rings. The van der Waals surface area contributed by atoms with E-state index in [0.29, 0.717) is 22.2 Å². The number of rotatable bonds is 7. The lowest BCUT2D eigenvalue weighted by molar-refractivity contribution is -0.118. The summed E-state index contributed by atoms with van der Waals surface area (Å²) in [6.07, 6.45) is 1.50. The van der Waals surface area contributed by atoms with Crippen LogP contribution in [0.4, 0.5) is 4.39 Å². The van der Waals surface area contributed by atoms with E-state index in [4.69, 9.17) is 9.47 Å². The number of amidine groups is 1. The third kappa shape index (κ3) is 5.20. The summed E-state index contributed by atoms with van der Waals surface area (Å²) in [4.78, 5) is 24.4. The van der Waals surface area contributed by atoms with Crippen molar-refractivity contribution in [2.75, 3.05) is 14.2 Å². The summed E-state index contributed by atoms with van der Waals surface area (Å²) >= 11 is 1.13. The number of nitrogens with one attached hydrogen (secondary N) is 1. The van der Waals surface area contributed by atoms with Crippen molar-refractivity contribution in [1.29, 1.82) is 0 Å². The van der Waals surface area contributed by atoms with Gasteiger partial charge in [0.25, 0.3) is 0 Å². The highest BCUT2D eigenvalue weighted by molar-refractivity contribution is 8.15. The molecule has 0 bridgehead atoms. The Morgan fingerprint density at radius 2 is 1.90 bits per heavy atom. The zero-order chi connectivity index (χ0) is 20.8. The number of hydrogen-bond donors (Lipinski definition) is 1. The summed E-state index contributed by atoms with van der Waals surface area (Å²) < 4.78 is 23.4. The van der Waals surface area contributed by atoms with Crippen molar-refractivity contribution in [3.63, 3.8) is 0 Å². The van der Waals surface area contributed by atoms with Gasteiger partial charge < -0.3 is 14.8 Å². The minimum absolute atomic E-state index is 0.0133. The minimum atomic E-state index is -0.609. The number of amides is 1. The Morgan fingerprint density at radius 3 is 2.59 bits per heavy atom. The van der Waals surface area contributed by atoms with E-state index in [2.05, 4.69) is 15.5 Å². The van der Waals surface area contributed by atoms with Crippen molar-refractivity contribution in [2.24, 2.45) is 10.2 Å². The van der Waals surface area contributed by atoms with Crippen LogP contribution >= 0.6 is 11.8 Å². The highest BCUT2D eigenvalue weighted by Gasteiger charge is 2.32. The molecule has 1 fully saturated rings. The van der Waals surface area contributed by atoms with Crippen molar-refractivity contribution in [2.45, 2.75) is 11.7 Å². The summed E-state index contributed by atoms with van der Waals surface area (Å²) in [5.74, 6) is 0.185. The zero-order valence-electron chi connectivity index (χ0n) is 15.7. The summed E-state index contributed by atoms with van der Waals surface area (Å²) in [7, 11) is 3.09. The van der Waals surface area contributed by atoms with E-state index < -0.39 is 11.1 Å². The summed E-state index contributed by atoms with van der Waals surface area (Å²) in [5.41, 5.74) is 1.10. The predicted octanol–water partition coefficient (Wildman–Crippen LogP) is 3.04. The van der Waals surface area contributed by atoms with Crippen molar-refractivity contribution >= 4 is 34.8 Å². The Hall–Kier alpha value is -3.20. The van der Waals surface area contributed by atoms with Gasteiger partial charge in [0.05, 0.1) is 25.7 Å². The lowest BCUT2D eigenvalue weighted by Crippen LogP contribution is -2.26. The quantitative estimate of drug-likeness (QED) is 0.427. The van der Waals surface area contributed by atoms with Crippen LogP contribution in [-0.2, 0) is 4.79 Å². The maximum atomic E-state index is 13.0. The number of thioether (sulfide) groups is 1. The molecule has 0 spiro atoms. The topological polar surface area (TPSA) is 89.4 Å². The van der Waals surface area contributed by atoms with Gasteiger partial charge in [-0.2, -0.15) is 5.10 Å². The molecule has 2 aromatic rings. The van der Waals surface area contributed by atoms with Crippen LogP contribution in [0.15, 0.2) is 52.7 Å². The van der Waals surface area contributed by atoms with Crippen molar-refractivity contribution in [3.05, 3.63) is 59.4 Å². The predicted molar refractivity (Wildman–Crippen MR) is 109 cm³/mol. The first-order valence-electron chi connectivity index (χ1n) is 8.59. The maximum Gasteiger partial charge on any atom is 0.240 e. The smallest absolute Gasteiger partial charge is 0.240 e. The standard InChI is InChI=1S/C20H18FN3O4S/c1-27-16-8-3-12(9-17(16)28-2)11-22-24-20-23-19(26)18(29-20)10-15(25)13-4-6-14(21)7-5-13/h3-9,11,18H,10H2,1-2H3,(H,23,24,26)/b22-11+. The fraction of sp³-hybridized carbons (Fsp3) is 0.200. The van der Waals surface area contributed by atoms with E-state index >= 15 is 0 Å². The molecule has 0 aromatic heterocycles. The van der Waals surface area contributed by atoms with Crippen molar-refractivity contribution in [3.8, 4) is 11.5 Å². The molecule has 9 heteroatoms. The van der Waals surface area contributed by atoms with Gasteiger partial charge in [-0.15, -0.1) is 5.10 Å². The number of methoxy groups -OCH3 is 2. The maximum absolute atomic E-state index is 13.0. The van der Waals surface area contributed by atoms with Gasteiger partial charge in [-0.1, -0.05) is 11.8 Å². The molecule has 0 saturated carbocycles. The molecule has 7 nitrogen and oxygen atoms in total. The molecular weight excluding hydrogens is 397 g/mol. The van der Waals surface area contributed by atoms with Gasteiger partial charge in [-0.05, 0) is 48.0 Å². The van der Waals surface area contributed by atoms with Gasteiger partial charge in [0.15, 0.2) is 22.4 Å². The number of carbonyl (C=O) groups excluding carboxylic acids is 2. The summed E-state index contributed by atoms with van der Waals surface area (Å²) in [6, 6.07) is 10.5. The molecule has 1 N–H and O–H groups in total. The van der Waals surface area contributed by atoms with Crippen LogP contribution in [0.1, 0.15) is 22.3 Å². The summed E-state index contributed by atoms with van der Waals surface area (Å²) in [6.45, 7) is 0. The van der Waals surface area contributed by atoms with Crippen LogP contribution in [0, 0.1) is 5.82 Å². The van der Waals surface area contributed by atoms with Crippen molar-refractivity contribution in [1.82, 2.24) is 5.32 Å². The second kappa shape index (κ2) is 9.33. The van der Waals surface area contributed by atoms with E-state index in [1.807, 2.05) is 0 Å². The molecule has 0 radical (unpaired) electrons. The Kier molecular flexibility index (Phi) is 6.61. The SMILES string of the molecule is COc1ccc(/C=N/N=C2\NC(=O)C(CC(=O)c3ccc(F)cc3)S2)cc1OC. The van der Waals surface area contributed by atoms with Crippen LogP contribution in [0.2, 0.25) is 0 Å². The number of Topliss-reactive ketones (excluding diaryl/α,β-unsaturated/α-hetero) is 1. The van der Waals surface area contributed by atoms with Gasteiger partial charge in [-0.3, -0.25) is 9.59 Å². The Bertz CT molecular complexity index is 976. The first-order valence-corrected chi connectivity index (χ1v) is 9.47. The number of benzene rings is 2. The van der Waals surface area contributed by atoms with E-state index in [0.717, 1.165) is 17.3 Å². The van der Waals surface area contributed by atoms with Crippen LogP contribution in [0.25, 0.3) is 0 Å². The molecule has 1 saturated heterocycles. The number of hydrogen-bond acceptors (Lipinski definition) is 7. The number of carbonyl (C=O) groups is 2. The van der Waals surface area contributed by atoms with Gasteiger partial charge in [0.2, 0.25) is 5.91 Å². The third-order valence-electron chi connectivity index (χ3n) is 4.08. The summed E-state index contributed by atoms with van der Waals surface area (Å²) in [5, 5.41) is 10.3. The second-order valence-corrected chi connectivity index (χ2v) is 7.19. The van der Waals surface area contributed by atoms with Crippen LogP contribution in [0.5, 0.6) is 11.5 Å². The molecular formula is C20H18FN3O4S. The lowest BCUT2D eigenvalue weighted by Gasteiger charge is -2.07. The molecule has 2 aromatic carbocycles.